The van der Waals surface area contributed by atoms with Gasteiger partial charge in [0.05, 0.1) is 0 Å². The van der Waals surface area contributed by atoms with Crippen LogP contribution < -0.4 is 10.6 Å². The Balaban J connectivity index is 1.70. The van der Waals surface area contributed by atoms with E-state index < -0.39 is 23.9 Å². The van der Waals surface area contributed by atoms with Gasteiger partial charge in [-0.2, -0.15) is 13.2 Å². The second-order valence-electron chi connectivity index (χ2n) is 6.59. The smallest absolute Gasteiger partial charge is 0.343 e. The van der Waals surface area contributed by atoms with Crippen molar-refractivity contribution in [3.05, 3.63) is 96.1 Å². The third-order valence-electron chi connectivity index (χ3n) is 4.20. The van der Waals surface area contributed by atoms with Crippen LogP contribution in [0.1, 0.15) is 21.2 Å². The van der Waals surface area contributed by atoms with Gasteiger partial charge in [0.25, 0.3) is 5.91 Å². The first-order valence-corrected chi connectivity index (χ1v) is 10.2. The second-order valence-corrected chi connectivity index (χ2v) is 7.76. The van der Waals surface area contributed by atoms with Crippen molar-refractivity contribution in [1.82, 2.24) is 5.32 Å². The number of hydrogen-bond acceptors (Lipinski definition) is 3. The van der Waals surface area contributed by atoms with Crippen molar-refractivity contribution in [2.45, 2.75) is 16.3 Å². The first kappa shape index (κ1) is 22.4. The molecular weight excluding hydrogens is 425 g/mol. The highest BCUT2D eigenvalue weighted by molar-refractivity contribution is 8.00. The predicted octanol–water partition coefficient (Wildman–Crippen LogP) is 5.45. The van der Waals surface area contributed by atoms with Gasteiger partial charge in [0.1, 0.15) is 11.8 Å². The molecule has 0 aliphatic rings. The highest BCUT2D eigenvalue weighted by Gasteiger charge is 2.28. The number of amides is 2. The summed E-state index contributed by atoms with van der Waals surface area (Å²) in [5.41, 5.74) is 1.34. The standard InChI is InChI=1S/C23H19F3N2O2S/c24-23(25,26)15-27-21(29)17-11-13-18(14-12-17)28-22(30)20(16-7-3-1-4-8-16)31-19-9-5-2-6-10-19/h1-14,20H,15H2,(H,27,29)(H,28,30). The molecule has 0 spiro atoms. The van der Waals surface area contributed by atoms with Crippen molar-refractivity contribution in [3.8, 4) is 0 Å². The summed E-state index contributed by atoms with van der Waals surface area (Å²) in [5.74, 6) is -1.09. The normalized spacial score (nSPS) is 12.1. The Kier molecular flexibility index (Phi) is 7.36. The minimum absolute atomic E-state index is 0.0699. The summed E-state index contributed by atoms with van der Waals surface area (Å²) in [6.07, 6.45) is -4.48. The van der Waals surface area contributed by atoms with Gasteiger partial charge in [-0.25, -0.2) is 0 Å². The maximum Gasteiger partial charge on any atom is 0.405 e. The summed E-state index contributed by atoms with van der Waals surface area (Å²) < 4.78 is 36.7. The van der Waals surface area contributed by atoms with Gasteiger partial charge in [-0.05, 0) is 42.0 Å². The highest BCUT2D eigenvalue weighted by Crippen LogP contribution is 2.36. The van der Waals surface area contributed by atoms with Gasteiger partial charge in [-0.1, -0.05) is 48.5 Å². The lowest BCUT2D eigenvalue weighted by molar-refractivity contribution is -0.123. The zero-order valence-corrected chi connectivity index (χ0v) is 17.0. The van der Waals surface area contributed by atoms with Crippen molar-refractivity contribution in [1.29, 1.82) is 0 Å². The first-order valence-electron chi connectivity index (χ1n) is 9.34. The van der Waals surface area contributed by atoms with Crippen molar-refractivity contribution in [2.24, 2.45) is 0 Å². The number of hydrogen-bond donors (Lipinski definition) is 2. The number of thioether (sulfide) groups is 1. The lowest BCUT2D eigenvalue weighted by Crippen LogP contribution is -2.33. The summed E-state index contributed by atoms with van der Waals surface area (Å²) >= 11 is 1.40. The highest BCUT2D eigenvalue weighted by atomic mass is 32.2. The molecule has 0 saturated heterocycles. The molecule has 0 fully saturated rings. The van der Waals surface area contributed by atoms with Gasteiger partial charge in [0.15, 0.2) is 0 Å². The molecule has 0 aliphatic carbocycles. The first-order chi connectivity index (χ1) is 14.8. The van der Waals surface area contributed by atoms with Crippen molar-refractivity contribution < 1.29 is 22.8 Å². The average molecular weight is 444 g/mol. The largest absolute Gasteiger partial charge is 0.405 e. The molecule has 3 aromatic rings. The lowest BCUT2D eigenvalue weighted by Gasteiger charge is -2.17. The van der Waals surface area contributed by atoms with E-state index in [0.717, 1.165) is 10.5 Å². The minimum atomic E-state index is -4.48. The Morgan fingerprint density at radius 2 is 1.42 bits per heavy atom. The predicted molar refractivity (Wildman–Crippen MR) is 115 cm³/mol. The molecule has 2 amide bonds. The number of benzene rings is 3. The fourth-order valence-corrected chi connectivity index (χ4v) is 3.78. The molecule has 2 N–H and O–H groups in total. The van der Waals surface area contributed by atoms with Crippen LogP contribution in [0, 0.1) is 0 Å². The zero-order chi connectivity index (χ0) is 22.3. The van der Waals surface area contributed by atoms with E-state index in [1.165, 1.54) is 36.0 Å². The van der Waals surface area contributed by atoms with E-state index in [9.17, 15) is 22.8 Å². The molecule has 1 unspecified atom stereocenters. The molecule has 3 rings (SSSR count). The molecule has 8 heteroatoms. The van der Waals surface area contributed by atoms with Gasteiger partial charge in [-0.15, -0.1) is 11.8 Å². The van der Waals surface area contributed by atoms with Crippen LogP contribution in [0.2, 0.25) is 0 Å². The number of halogens is 3. The number of alkyl halides is 3. The molecule has 1 atom stereocenters. The van der Waals surface area contributed by atoms with Crippen LogP contribution in [0.3, 0.4) is 0 Å². The Morgan fingerprint density at radius 1 is 0.839 bits per heavy atom. The summed E-state index contributed by atoms with van der Waals surface area (Å²) in [4.78, 5) is 25.8. The van der Waals surface area contributed by atoms with Gasteiger partial charge in [0, 0.05) is 16.1 Å². The third kappa shape index (κ3) is 6.89. The summed E-state index contributed by atoms with van der Waals surface area (Å²) in [6, 6.07) is 24.5. The Labute approximate surface area is 181 Å². The van der Waals surface area contributed by atoms with Crippen LogP contribution in [-0.2, 0) is 4.79 Å². The average Bonchev–Trinajstić information content (AvgIpc) is 2.77. The van der Waals surface area contributed by atoms with E-state index in [2.05, 4.69) is 5.32 Å². The van der Waals surface area contributed by atoms with Gasteiger partial charge in [0.2, 0.25) is 5.91 Å². The SMILES string of the molecule is O=C(NCC(F)(F)F)c1ccc(NC(=O)C(Sc2ccccc2)c2ccccc2)cc1. The quantitative estimate of drug-likeness (QED) is 0.477. The number of carbonyl (C=O) groups is 2. The summed E-state index contributed by atoms with van der Waals surface area (Å²) in [5, 5.41) is 4.11. The van der Waals surface area contributed by atoms with Crippen LogP contribution in [-0.4, -0.2) is 24.5 Å². The molecular formula is C23H19F3N2O2S. The van der Waals surface area contributed by atoms with Crippen molar-refractivity contribution >= 4 is 29.3 Å². The molecule has 160 valence electrons. The van der Waals surface area contributed by atoms with Gasteiger partial charge < -0.3 is 10.6 Å². The fourth-order valence-electron chi connectivity index (χ4n) is 2.73. The van der Waals surface area contributed by atoms with Crippen LogP contribution in [0.25, 0.3) is 0 Å². The number of rotatable bonds is 7. The Morgan fingerprint density at radius 3 is 2.00 bits per heavy atom. The Hall–Kier alpha value is -3.26. The molecule has 0 aliphatic heterocycles. The Bertz CT molecular complexity index is 1010. The lowest BCUT2D eigenvalue weighted by atomic mass is 10.1. The molecule has 0 radical (unpaired) electrons. The molecule has 0 aromatic heterocycles. The topological polar surface area (TPSA) is 58.2 Å². The molecule has 0 heterocycles. The molecule has 31 heavy (non-hydrogen) atoms. The fraction of sp³-hybridized carbons (Fsp3) is 0.130. The summed E-state index contributed by atoms with van der Waals surface area (Å²) in [7, 11) is 0. The van der Waals surface area contributed by atoms with Crippen LogP contribution in [0.4, 0.5) is 18.9 Å². The summed E-state index contributed by atoms with van der Waals surface area (Å²) in [6.45, 7) is -1.40. The van der Waals surface area contributed by atoms with E-state index in [1.807, 2.05) is 66.0 Å². The third-order valence-corrected chi connectivity index (χ3v) is 5.47. The van der Waals surface area contributed by atoms with Crippen LogP contribution in [0.15, 0.2) is 89.8 Å². The van der Waals surface area contributed by atoms with E-state index in [0.29, 0.717) is 5.69 Å². The number of nitrogens with one attached hydrogen (secondary N) is 2. The minimum Gasteiger partial charge on any atom is -0.343 e. The van der Waals surface area contributed by atoms with Gasteiger partial charge in [-0.3, -0.25) is 9.59 Å². The van der Waals surface area contributed by atoms with Crippen LogP contribution >= 0.6 is 11.8 Å². The number of carbonyl (C=O) groups excluding carboxylic acids is 2. The van der Waals surface area contributed by atoms with Crippen molar-refractivity contribution in [3.63, 3.8) is 0 Å². The molecule has 0 saturated carbocycles. The molecule has 4 nitrogen and oxygen atoms in total. The van der Waals surface area contributed by atoms with Crippen molar-refractivity contribution in [2.75, 3.05) is 11.9 Å². The van der Waals surface area contributed by atoms with E-state index in [-0.39, 0.29) is 11.5 Å². The zero-order valence-electron chi connectivity index (χ0n) is 16.2. The second kappa shape index (κ2) is 10.2. The molecule has 0 bridgehead atoms. The van der Waals surface area contributed by atoms with E-state index in [4.69, 9.17) is 0 Å². The molecule has 3 aromatic carbocycles. The maximum atomic E-state index is 13.0. The van der Waals surface area contributed by atoms with E-state index >= 15 is 0 Å². The van der Waals surface area contributed by atoms with Gasteiger partial charge >= 0.3 is 6.18 Å². The number of anilines is 1. The maximum absolute atomic E-state index is 13.0. The van der Waals surface area contributed by atoms with Crippen LogP contribution in [0.5, 0.6) is 0 Å². The monoisotopic (exact) mass is 444 g/mol. The van der Waals surface area contributed by atoms with E-state index in [1.54, 1.807) is 0 Å².